The van der Waals surface area contributed by atoms with Crippen molar-refractivity contribution in [2.45, 2.75) is 39.7 Å². The molecule has 0 aromatic carbocycles. The van der Waals surface area contributed by atoms with Crippen molar-refractivity contribution in [3.8, 4) is 0 Å². The highest BCUT2D eigenvalue weighted by Crippen LogP contribution is 2.21. The van der Waals surface area contributed by atoms with Crippen LogP contribution in [0.2, 0.25) is 0 Å². The fourth-order valence-corrected chi connectivity index (χ4v) is 1.63. The van der Waals surface area contributed by atoms with E-state index in [1.807, 2.05) is 12.1 Å². The number of hydrogen-bond donors (Lipinski definition) is 1. The molecule has 0 atom stereocenters. The summed E-state index contributed by atoms with van der Waals surface area (Å²) in [7, 11) is 0. The number of rotatable bonds is 2. The molecule has 1 N–H and O–H groups in total. The number of nitrogens with one attached hydrogen (secondary N) is 1. The van der Waals surface area contributed by atoms with Crippen LogP contribution in [0.15, 0.2) is 18.5 Å². The van der Waals surface area contributed by atoms with Crippen molar-refractivity contribution >= 4 is 16.9 Å². The van der Waals surface area contributed by atoms with Gasteiger partial charge in [0.1, 0.15) is 12.1 Å². The van der Waals surface area contributed by atoms with E-state index in [1.54, 1.807) is 6.33 Å². The summed E-state index contributed by atoms with van der Waals surface area (Å²) in [5.41, 5.74) is 1.79. The molecule has 0 bridgehead atoms. The Morgan fingerprint density at radius 1 is 1.18 bits per heavy atom. The minimum atomic E-state index is -0.0231. The number of nitrogens with zero attached hydrogens (tertiary/aromatic N) is 3. The highest BCUT2D eigenvalue weighted by atomic mass is 15.1. The van der Waals surface area contributed by atoms with Crippen molar-refractivity contribution < 1.29 is 0 Å². The second-order valence-electron chi connectivity index (χ2n) is 5.12. The van der Waals surface area contributed by atoms with Gasteiger partial charge in [0, 0.05) is 11.2 Å². The molecule has 0 aliphatic carbocycles. The highest BCUT2D eigenvalue weighted by molar-refractivity contribution is 5.86. The number of anilines is 1. The summed E-state index contributed by atoms with van der Waals surface area (Å²) >= 11 is 0. The summed E-state index contributed by atoms with van der Waals surface area (Å²) in [6.45, 7) is 8.40. The summed E-state index contributed by atoms with van der Waals surface area (Å²) in [5, 5.41) is 4.34. The standard InChI is InChI=1S/C13H18N4/c1-5-9-6-7-10-11(16-9)14-8-15-12(10)17-13(2,3)4/h6-8H,5H2,1-4H3,(H,14,15,16,17). The molecule has 0 aliphatic heterocycles. The molecule has 90 valence electrons. The normalized spacial score (nSPS) is 11.8. The van der Waals surface area contributed by atoms with E-state index in [1.165, 1.54) is 0 Å². The van der Waals surface area contributed by atoms with E-state index >= 15 is 0 Å². The Labute approximate surface area is 102 Å². The number of aromatic nitrogens is 3. The summed E-state index contributed by atoms with van der Waals surface area (Å²) < 4.78 is 0. The van der Waals surface area contributed by atoms with Crippen molar-refractivity contribution in [2.24, 2.45) is 0 Å². The lowest BCUT2D eigenvalue weighted by molar-refractivity contribution is 0.631. The SMILES string of the molecule is CCc1ccc2c(NC(C)(C)C)ncnc2n1. The van der Waals surface area contributed by atoms with Crippen LogP contribution >= 0.6 is 0 Å². The van der Waals surface area contributed by atoms with E-state index in [-0.39, 0.29) is 5.54 Å². The van der Waals surface area contributed by atoms with Crippen molar-refractivity contribution in [1.29, 1.82) is 0 Å². The van der Waals surface area contributed by atoms with Crippen LogP contribution in [-0.4, -0.2) is 20.5 Å². The number of pyridine rings is 1. The predicted octanol–water partition coefficient (Wildman–Crippen LogP) is 2.80. The van der Waals surface area contributed by atoms with Gasteiger partial charge in [-0.05, 0) is 39.3 Å². The van der Waals surface area contributed by atoms with Gasteiger partial charge in [-0.2, -0.15) is 0 Å². The molecule has 2 rings (SSSR count). The van der Waals surface area contributed by atoms with E-state index in [9.17, 15) is 0 Å². The first-order valence-electron chi connectivity index (χ1n) is 5.88. The maximum Gasteiger partial charge on any atom is 0.164 e. The quantitative estimate of drug-likeness (QED) is 0.862. The molecule has 0 fully saturated rings. The second kappa shape index (κ2) is 4.28. The molecule has 2 aromatic heterocycles. The Morgan fingerprint density at radius 3 is 2.59 bits per heavy atom. The molecule has 0 saturated heterocycles. The van der Waals surface area contributed by atoms with Gasteiger partial charge < -0.3 is 5.32 Å². The molecule has 0 amide bonds. The minimum absolute atomic E-state index is 0.0231. The molecule has 4 heteroatoms. The largest absolute Gasteiger partial charge is 0.365 e. The van der Waals surface area contributed by atoms with E-state index in [4.69, 9.17) is 0 Å². The fraction of sp³-hybridized carbons (Fsp3) is 0.462. The zero-order chi connectivity index (χ0) is 12.5. The summed E-state index contributed by atoms with van der Waals surface area (Å²) in [4.78, 5) is 13.0. The number of aryl methyl sites for hydroxylation is 1. The van der Waals surface area contributed by atoms with E-state index in [0.29, 0.717) is 0 Å². The molecule has 2 aromatic rings. The number of hydrogen-bond acceptors (Lipinski definition) is 4. The van der Waals surface area contributed by atoms with Crippen LogP contribution in [0.25, 0.3) is 11.0 Å². The Kier molecular flexibility index (Phi) is 2.96. The van der Waals surface area contributed by atoms with Gasteiger partial charge in [0.2, 0.25) is 0 Å². The first-order valence-corrected chi connectivity index (χ1v) is 5.88. The average molecular weight is 230 g/mol. The van der Waals surface area contributed by atoms with Crippen LogP contribution < -0.4 is 5.32 Å². The van der Waals surface area contributed by atoms with Gasteiger partial charge in [-0.3, -0.25) is 0 Å². The minimum Gasteiger partial charge on any atom is -0.365 e. The third-order valence-electron chi connectivity index (χ3n) is 2.41. The lowest BCUT2D eigenvalue weighted by Gasteiger charge is -2.21. The summed E-state index contributed by atoms with van der Waals surface area (Å²) in [6.07, 6.45) is 2.48. The molecule has 2 heterocycles. The number of fused-ring (bicyclic) bond motifs is 1. The van der Waals surface area contributed by atoms with Gasteiger partial charge in [-0.15, -0.1) is 0 Å². The smallest absolute Gasteiger partial charge is 0.164 e. The monoisotopic (exact) mass is 230 g/mol. The summed E-state index contributed by atoms with van der Waals surface area (Å²) in [5.74, 6) is 0.845. The molecule has 4 nitrogen and oxygen atoms in total. The Bertz CT molecular complexity index is 528. The van der Waals surface area contributed by atoms with Crippen LogP contribution in [0.5, 0.6) is 0 Å². The zero-order valence-electron chi connectivity index (χ0n) is 10.8. The first kappa shape index (κ1) is 11.8. The van der Waals surface area contributed by atoms with Crippen LogP contribution in [-0.2, 0) is 6.42 Å². The van der Waals surface area contributed by atoms with Gasteiger partial charge in [0.15, 0.2) is 5.65 Å². The van der Waals surface area contributed by atoms with Gasteiger partial charge in [-0.1, -0.05) is 6.92 Å². The Balaban J connectivity index is 2.51. The van der Waals surface area contributed by atoms with E-state index < -0.39 is 0 Å². The molecule has 0 unspecified atom stereocenters. The van der Waals surface area contributed by atoms with E-state index in [2.05, 4.69) is 48.0 Å². The second-order valence-corrected chi connectivity index (χ2v) is 5.12. The maximum absolute atomic E-state index is 4.49. The van der Waals surface area contributed by atoms with Gasteiger partial charge >= 0.3 is 0 Å². The van der Waals surface area contributed by atoms with Crippen LogP contribution in [0.1, 0.15) is 33.4 Å². The van der Waals surface area contributed by atoms with Crippen LogP contribution in [0, 0.1) is 0 Å². The third-order valence-corrected chi connectivity index (χ3v) is 2.41. The van der Waals surface area contributed by atoms with Crippen molar-refractivity contribution in [3.05, 3.63) is 24.2 Å². The zero-order valence-corrected chi connectivity index (χ0v) is 10.8. The third kappa shape index (κ3) is 2.70. The maximum atomic E-state index is 4.49. The van der Waals surface area contributed by atoms with E-state index in [0.717, 1.165) is 29.0 Å². The first-order chi connectivity index (χ1) is 7.99. The molecule has 0 saturated carbocycles. The highest BCUT2D eigenvalue weighted by Gasteiger charge is 2.13. The summed E-state index contributed by atoms with van der Waals surface area (Å²) in [6, 6.07) is 4.06. The molecule has 0 aliphatic rings. The van der Waals surface area contributed by atoms with Gasteiger partial charge in [0.25, 0.3) is 0 Å². The fourth-order valence-electron chi connectivity index (χ4n) is 1.63. The Hall–Kier alpha value is -1.71. The van der Waals surface area contributed by atoms with Crippen molar-refractivity contribution in [1.82, 2.24) is 15.0 Å². The molecular formula is C13H18N4. The molecular weight excluding hydrogens is 212 g/mol. The van der Waals surface area contributed by atoms with Gasteiger partial charge in [-0.25, -0.2) is 15.0 Å². The van der Waals surface area contributed by atoms with Crippen LogP contribution in [0.4, 0.5) is 5.82 Å². The predicted molar refractivity (Wildman–Crippen MR) is 70.1 cm³/mol. The lowest BCUT2D eigenvalue weighted by Crippen LogP contribution is -2.26. The average Bonchev–Trinajstić information content (AvgIpc) is 2.26. The van der Waals surface area contributed by atoms with Crippen molar-refractivity contribution in [3.63, 3.8) is 0 Å². The van der Waals surface area contributed by atoms with Crippen molar-refractivity contribution in [2.75, 3.05) is 5.32 Å². The Morgan fingerprint density at radius 2 is 1.94 bits per heavy atom. The topological polar surface area (TPSA) is 50.7 Å². The van der Waals surface area contributed by atoms with Gasteiger partial charge in [0.05, 0.1) is 5.39 Å². The lowest BCUT2D eigenvalue weighted by atomic mass is 10.1. The molecule has 0 radical (unpaired) electrons. The van der Waals surface area contributed by atoms with Crippen LogP contribution in [0.3, 0.4) is 0 Å². The molecule has 0 spiro atoms. The molecule has 17 heavy (non-hydrogen) atoms.